The van der Waals surface area contributed by atoms with Crippen molar-refractivity contribution in [2.75, 3.05) is 7.11 Å². The number of ether oxygens (including phenoxy) is 2. The summed E-state index contributed by atoms with van der Waals surface area (Å²) in [6.45, 7) is 0. The standard InChI is InChI=1S/C20H14N2O4/c1-24-12-8-6-11(7-9-12)16-14(10-21)19(22)26-18-13-4-2-3-5-15(13)25-20(23)17(16)18/h2-9,14,16,22H,1H3. The Morgan fingerprint density at radius 1 is 1.15 bits per heavy atom. The van der Waals surface area contributed by atoms with Crippen LogP contribution in [-0.2, 0) is 0 Å². The van der Waals surface area contributed by atoms with Crippen LogP contribution in [-0.4, -0.2) is 13.0 Å². The van der Waals surface area contributed by atoms with Crippen LogP contribution < -0.4 is 15.1 Å². The Balaban J connectivity index is 2.01. The summed E-state index contributed by atoms with van der Waals surface area (Å²) in [5, 5.41) is 18.4. The summed E-state index contributed by atoms with van der Waals surface area (Å²) < 4.78 is 16.2. The van der Waals surface area contributed by atoms with Gasteiger partial charge in [-0.2, -0.15) is 5.26 Å². The number of methoxy groups -OCH3 is 1. The minimum atomic E-state index is -0.917. The van der Waals surface area contributed by atoms with Crippen LogP contribution >= 0.6 is 0 Å². The molecule has 0 bridgehead atoms. The van der Waals surface area contributed by atoms with Gasteiger partial charge in [-0.1, -0.05) is 24.3 Å². The molecule has 2 heterocycles. The third-order valence-electron chi connectivity index (χ3n) is 4.55. The Labute approximate surface area is 148 Å². The zero-order valence-corrected chi connectivity index (χ0v) is 13.9. The van der Waals surface area contributed by atoms with E-state index in [9.17, 15) is 10.1 Å². The van der Waals surface area contributed by atoms with Gasteiger partial charge in [0.15, 0.2) is 5.75 Å². The van der Waals surface area contributed by atoms with Gasteiger partial charge in [-0.15, -0.1) is 0 Å². The molecule has 6 nitrogen and oxygen atoms in total. The molecule has 1 aliphatic heterocycles. The molecule has 1 N–H and O–H groups in total. The molecule has 1 aliphatic rings. The topological polar surface area (TPSA) is 96.3 Å². The first-order valence-electron chi connectivity index (χ1n) is 7.99. The molecule has 2 atom stereocenters. The van der Waals surface area contributed by atoms with Crippen LogP contribution in [0, 0.1) is 22.7 Å². The molecule has 26 heavy (non-hydrogen) atoms. The molecule has 2 unspecified atom stereocenters. The molecule has 4 rings (SSSR count). The van der Waals surface area contributed by atoms with Gasteiger partial charge >= 0.3 is 5.63 Å². The molecular formula is C20H14N2O4. The van der Waals surface area contributed by atoms with Gasteiger partial charge in [-0.3, -0.25) is 5.41 Å². The van der Waals surface area contributed by atoms with Gasteiger partial charge in [-0.05, 0) is 29.8 Å². The van der Waals surface area contributed by atoms with Crippen molar-refractivity contribution in [2.24, 2.45) is 5.92 Å². The SMILES string of the molecule is COc1ccc(C2c3c(c4ccccc4oc3=O)OC(=N)C2C#N)cc1. The molecule has 0 aliphatic carbocycles. The second kappa shape index (κ2) is 6.05. The number of fused-ring (bicyclic) bond motifs is 3. The van der Waals surface area contributed by atoms with E-state index in [1.807, 2.05) is 0 Å². The van der Waals surface area contributed by atoms with Crippen molar-refractivity contribution in [1.29, 1.82) is 10.7 Å². The largest absolute Gasteiger partial charge is 0.497 e. The van der Waals surface area contributed by atoms with E-state index < -0.39 is 17.5 Å². The van der Waals surface area contributed by atoms with Crippen molar-refractivity contribution in [2.45, 2.75) is 5.92 Å². The molecule has 2 aromatic carbocycles. The van der Waals surface area contributed by atoms with Crippen molar-refractivity contribution < 1.29 is 13.9 Å². The normalized spacial score (nSPS) is 18.7. The molecule has 0 saturated carbocycles. The second-order valence-corrected chi connectivity index (χ2v) is 5.95. The van der Waals surface area contributed by atoms with E-state index >= 15 is 0 Å². The van der Waals surface area contributed by atoms with Crippen LogP contribution in [0.3, 0.4) is 0 Å². The van der Waals surface area contributed by atoms with E-state index in [-0.39, 0.29) is 17.2 Å². The maximum Gasteiger partial charge on any atom is 0.343 e. The number of nitrogens with one attached hydrogen (secondary N) is 1. The molecule has 6 heteroatoms. The van der Waals surface area contributed by atoms with Crippen LogP contribution in [0.2, 0.25) is 0 Å². The summed E-state index contributed by atoms with van der Waals surface area (Å²) in [6, 6.07) is 16.2. The summed E-state index contributed by atoms with van der Waals surface area (Å²) in [4.78, 5) is 12.7. The Morgan fingerprint density at radius 3 is 2.58 bits per heavy atom. The number of hydrogen-bond acceptors (Lipinski definition) is 6. The summed E-state index contributed by atoms with van der Waals surface area (Å²) in [5.41, 5.74) is 0.797. The van der Waals surface area contributed by atoms with Gasteiger partial charge in [0.05, 0.1) is 24.1 Å². The van der Waals surface area contributed by atoms with Crippen molar-refractivity contribution in [3.05, 3.63) is 70.1 Å². The van der Waals surface area contributed by atoms with Crippen LogP contribution in [0.4, 0.5) is 0 Å². The van der Waals surface area contributed by atoms with Crippen molar-refractivity contribution in [1.82, 2.24) is 0 Å². The fourth-order valence-corrected chi connectivity index (χ4v) is 3.31. The second-order valence-electron chi connectivity index (χ2n) is 5.95. The average molecular weight is 346 g/mol. The van der Waals surface area contributed by atoms with E-state index in [1.165, 1.54) is 0 Å². The molecule has 0 radical (unpaired) electrons. The number of rotatable bonds is 2. The summed E-state index contributed by atoms with van der Waals surface area (Å²) >= 11 is 0. The first-order valence-corrected chi connectivity index (χ1v) is 7.99. The van der Waals surface area contributed by atoms with Gasteiger partial charge in [0.25, 0.3) is 0 Å². The quantitative estimate of drug-likeness (QED) is 0.717. The number of nitriles is 1. The van der Waals surface area contributed by atoms with Crippen LogP contribution in [0.15, 0.2) is 57.7 Å². The average Bonchev–Trinajstić information content (AvgIpc) is 2.67. The molecule has 128 valence electrons. The number of para-hydroxylation sites is 1. The third-order valence-corrected chi connectivity index (χ3v) is 4.55. The zero-order valence-electron chi connectivity index (χ0n) is 13.9. The summed E-state index contributed by atoms with van der Waals surface area (Å²) in [5.74, 6) is -0.802. The first-order chi connectivity index (χ1) is 12.6. The van der Waals surface area contributed by atoms with Gasteiger partial charge in [0, 0.05) is 5.92 Å². The number of nitrogens with zero attached hydrogens (tertiary/aromatic N) is 1. The molecule has 3 aromatic rings. The van der Waals surface area contributed by atoms with Gasteiger partial charge in [-0.25, -0.2) is 4.79 Å². The fraction of sp³-hybridized carbons (Fsp3) is 0.150. The lowest BCUT2D eigenvalue weighted by molar-refractivity contribution is 0.413. The maximum atomic E-state index is 12.7. The van der Waals surface area contributed by atoms with Crippen LogP contribution in [0.1, 0.15) is 17.0 Å². The molecule has 0 amide bonds. The number of hydrogen-bond donors (Lipinski definition) is 1. The van der Waals surface area contributed by atoms with Crippen LogP contribution in [0.5, 0.6) is 11.5 Å². The van der Waals surface area contributed by atoms with Gasteiger partial charge in [0.2, 0.25) is 5.90 Å². The summed E-state index contributed by atoms with van der Waals surface area (Å²) in [7, 11) is 1.56. The van der Waals surface area contributed by atoms with Crippen molar-refractivity contribution >= 4 is 16.9 Å². The Morgan fingerprint density at radius 2 is 1.88 bits per heavy atom. The van der Waals surface area contributed by atoms with E-state index in [4.69, 9.17) is 19.3 Å². The third kappa shape index (κ3) is 2.33. The highest BCUT2D eigenvalue weighted by Gasteiger charge is 2.40. The monoisotopic (exact) mass is 346 g/mol. The predicted octanol–water partition coefficient (Wildman–Crippen LogP) is 3.44. The van der Waals surface area contributed by atoms with E-state index in [2.05, 4.69) is 6.07 Å². The van der Waals surface area contributed by atoms with E-state index in [0.717, 1.165) is 0 Å². The Hall–Kier alpha value is -3.59. The first kappa shape index (κ1) is 15.9. The molecule has 0 saturated heterocycles. The molecule has 0 spiro atoms. The van der Waals surface area contributed by atoms with Crippen LogP contribution in [0.25, 0.3) is 11.0 Å². The highest BCUT2D eigenvalue weighted by Crippen LogP contribution is 2.43. The predicted molar refractivity (Wildman–Crippen MR) is 94.8 cm³/mol. The summed E-state index contributed by atoms with van der Waals surface area (Å²) in [6.07, 6.45) is 0. The van der Waals surface area contributed by atoms with E-state index in [1.54, 1.807) is 55.6 Å². The lowest BCUT2D eigenvalue weighted by Crippen LogP contribution is -2.34. The highest BCUT2D eigenvalue weighted by molar-refractivity contribution is 5.93. The van der Waals surface area contributed by atoms with Crippen molar-refractivity contribution in [3.63, 3.8) is 0 Å². The Kier molecular flexibility index (Phi) is 3.70. The minimum absolute atomic E-state index is 0.184. The smallest absolute Gasteiger partial charge is 0.343 e. The fourth-order valence-electron chi connectivity index (χ4n) is 3.31. The lowest BCUT2D eigenvalue weighted by atomic mass is 9.79. The van der Waals surface area contributed by atoms with Crippen molar-refractivity contribution in [3.8, 4) is 17.6 Å². The lowest BCUT2D eigenvalue weighted by Gasteiger charge is -2.29. The maximum absolute atomic E-state index is 12.7. The van der Waals surface area contributed by atoms with Gasteiger partial charge < -0.3 is 13.9 Å². The Bertz CT molecular complexity index is 1110. The van der Waals surface area contributed by atoms with Gasteiger partial charge in [0.1, 0.15) is 17.3 Å². The molecular weight excluding hydrogens is 332 g/mol. The minimum Gasteiger partial charge on any atom is -0.497 e. The zero-order chi connectivity index (χ0) is 18.3. The molecule has 0 fully saturated rings. The number of benzene rings is 2. The van der Waals surface area contributed by atoms with E-state index in [0.29, 0.717) is 22.3 Å². The molecule has 1 aromatic heterocycles. The highest BCUT2D eigenvalue weighted by atomic mass is 16.5.